The van der Waals surface area contributed by atoms with E-state index in [0.717, 1.165) is 11.1 Å². The van der Waals surface area contributed by atoms with E-state index in [1.807, 2.05) is 42.8 Å². The number of carbonyl (C=O) groups excluding carboxylic acids is 1. The second kappa shape index (κ2) is 5.49. The Morgan fingerprint density at radius 2 is 2.28 bits per heavy atom. The lowest BCUT2D eigenvalue weighted by Crippen LogP contribution is -2.13. The van der Waals surface area contributed by atoms with Crippen molar-refractivity contribution in [2.45, 2.75) is 20.4 Å². The molecule has 2 heterocycles. The summed E-state index contributed by atoms with van der Waals surface area (Å²) in [4.78, 5) is 15.9. The van der Waals surface area contributed by atoms with Gasteiger partial charge in [-0.2, -0.15) is 0 Å². The molecule has 94 valence electrons. The molecule has 0 saturated carbocycles. The van der Waals surface area contributed by atoms with Crippen molar-refractivity contribution in [3.63, 3.8) is 0 Å². The van der Waals surface area contributed by atoms with Crippen molar-refractivity contribution in [2.75, 3.05) is 6.61 Å². The molecule has 18 heavy (non-hydrogen) atoms. The summed E-state index contributed by atoms with van der Waals surface area (Å²) in [7, 11) is 0. The molecule has 0 amide bonds. The fourth-order valence-electron chi connectivity index (χ4n) is 1.88. The highest BCUT2D eigenvalue weighted by Crippen LogP contribution is 2.13. The molecule has 4 heteroatoms. The van der Waals surface area contributed by atoms with Crippen LogP contribution in [0.3, 0.4) is 0 Å². The molecule has 4 nitrogen and oxygen atoms in total. The van der Waals surface area contributed by atoms with Crippen molar-refractivity contribution in [3.05, 3.63) is 53.6 Å². The summed E-state index contributed by atoms with van der Waals surface area (Å²) in [5, 5.41) is 0. The smallest absolute Gasteiger partial charge is 0.355 e. The molecular formula is C14H16N2O2. The first-order valence-corrected chi connectivity index (χ1v) is 5.94. The van der Waals surface area contributed by atoms with Gasteiger partial charge in [0, 0.05) is 25.1 Å². The van der Waals surface area contributed by atoms with Gasteiger partial charge in [-0.25, -0.2) is 4.79 Å². The Morgan fingerprint density at radius 1 is 1.44 bits per heavy atom. The summed E-state index contributed by atoms with van der Waals surface area (Å²) in [5.74, 6) is -0.274. The minimum absolute atomic E-state index is 0.274. The van der Waals surface area contributed by atoms with Crippen LogP contribution in [0.15, 0.2) is 36.8 Å². The minimum Gasteiger partial charge on any atom is -0.461 e. The molecule has 0 aliphatic carbocycles. The average Bonchev–Trinajstić information content (AvgIpc) is 2.72. The first-order chi connectivity index (χ1) is 8.72. The maximum Gasteiger partial charge on any atom is 0.355 e. The monoisotopic (exact) mass is 244 g/mol. The lowest BCUT2D eigenvalue weighted by atomic mass is 10.2. The Bertz CT molecular complexity index is 532. The van der Waals surface area contributed by atoms with E-state index in [2.05, 4.69) is 4.98 Å². The number of hydrogen-bond donors (Lipinski definition) is 0. The van der Waals surface area contributed by atoms with Gasteiger partial charge in [0.05, 0.1) is 6.61 Å². The van der Waals surface area contributed by atoms with Crippen molar-refractivity contribution in [1.29, 1.82) is 0 Å². The molecule has 0 aliphatic rings. The molecule has 0 saturated heterocycles. The molecule has 0 bridgehead atoms. The Kier molecular flexibility index (Phi) is 3.77. The Hall–Kier alpha value is -2.10. The van der Waals surface area contributed by atoms with Gasteiger partial charge in [-0.3, -0.25) is 4.98 Å². The third-order valence-electron chi connectivity index (χ3n) is 2.71. The number of aryl methyl sites for hydroxylation is 1. The summed E-state index contributed by atoms with van der Waals surface area (Å²) >= 11 is 0. The molecular weight excluding hydrogens is 228 g/mol. The van der Waals surface area contributed by atoms with Gasteiger partial charge >= 0.3 is 5.97 Å². The van der Waals surface area contributed by atoms with E-state index >= 15 is 0 Å². The highest BCUT2D eigenvalue weighted by Gasteiger charge is 2.15. The lowest BCUT2D eigenvalue weighted by Gasteiger charge is -2.09. The van der Waals surface area contributed by atoms with Gasteiger partial charge in [-0.05, 0) is 37.1 Å². The molecule has 0 fully saturated rings. The molecule has 0 spiro atoms. The first kappa shape index (κ1) is 12.4. The number of carbonyl (C=O) groups is 1. The zero-order chi connectivity index (χ0) is 13.0. The van der Waals surface area contributed by atoms with Gasteiger partial charge in [-0.15, -0.1) is 0 Å². The molecule has 2 aromatic heterocycles. The number of esters is 1. The van der Waals surface area contributed by atoms with E-state index in [-0.39, 0.29) is 5.97 Å². The molecule has 0 radical (unpaired) electrons. The van der Waals surface area contributed by atoms with E-state index in [9.17, 15) is 4.79 Å². The third kappa shape index (κ3) is 2.59. The van der Waals surface area contributed by atoms with E-state index < -0.39 is 0 Å². The second-order valence-corrected chi connectivity index (χ2v) is 4.06. The van der Waals surface area contributed by atoms with Crippen LogP contribution in [-0.2, 0) is 11.3 Å². The Labute approximate surface area is 106 Å². The predicted molar refractivity (Wildman–Crippen MR) is 68.5 cm³/mol. The largest absolute Gasteiger partial charge is 0.461 e. The third-order valence-corrected chi connectivity index (χ3v) is 2.71. The lowest BCUT2D eigenvalue weighted by molar-refractivity contribution is 0.0513. The molecule has 2 rings (SSSR count). The summed E-state index contributed by atoms with van der Waals surface area (Å²) in [5.41, 5.74) is 2.59. The van der Waals surface area contributed by atoms with Crippen LogP contribution in [0.4, 0.5) is 0 Å². The van der Waals surface area contributed by atoms with E-state index in [0.29, 0.717) is 18.8 Å². The summed E-state index contributed by atoms with van der Waals surface area (Å²) in [6.45, 7) is 4.72. The van der Waals surface area contributed by atoms with Crippen LogP contribution in [0.5, 0.6) is 0 Å². The summed E-state index contributed by atoms with van der Waals surface area (Å²) < 4.78 is 6.96. The number of nitrogens with zero attached hydrogens (tertiary/aromatic N) is 2. The van der Waals surface area contributed by atoms with Gasteiger partial charge in [0.2, 0.25) is 0 Å². The zero-order valence-corrected chi connectivity index (χ0v) is 10.6. The van der Waals surface area contributed by atoms with Gasteiger partial charge in [0.1, 0.15) is 5.69 Å². The maximum absolute atomic E-state index is 11.9. The molecule has 0 N–H and O–H groups in total. The molecule has 0 unspecified atom stereocenters. The number of hydrogen-bond acceptors (Lipinski definition) is 3. The SMILES string of the molecule is CCOC(=O)c1c(C)ccn1Cc1cccnc1. The molecule has 2 aromatic rings. The maximum atomic E-state index is 11.9. The fourth-order valence-corrected chi connectivity index (χ4v) is 1.88. The molecule has 0 aromatic carbocycles. The van der Waals surface area contributed by atoms with Gasteiger partial charge < -0.3 is 9.30 Å². The topological polar surface area (TPSA) is 44.1 Å². The van der Waals surface area contributed by atoms with Crippen molar-refractivity contribution >= 4 is 5.97 Å². The van der Waals surface area contributed by atoms with Crippen LogP contribution >= 0.6 is 0 Å². The van der Waals surface area contributed by atoms with Crippen LogP contribution in [0.1, 0.15) is 28.5 Å². The van der Waals surface area contributed by atoms with E-state index in [4.69, 9.17) is 4.74 Å². The highest BCUT2D eigenvalue weighted by molar-refractivity contribution is 5.89. The Morgan fingerprint density at radius 3 is 2.94 bits per heavy atom. The van der Waals surface area contributed by atoms with Crippen molar-refractivity contribution < 1.29 is 9.53 Å². The van der Waals surface area contributed by atoms with Crippen LogP contribution in [0.2, 0.25) is 0 Å². The highest BCUT2D eigenvalue weighted by atomic mass is 16.5. The average molecular weight is 244 g/mol. The van der Waals surface area contributed by atoms with Gasteiger partial charge in [0.25, 0.3) is 0 Å². The number of ether oxygens (including phenoxy) is 1. The molecule has 0 atom stereocenters. The van der Waals surface area contributed by atoms with Crippen molar-refractivity contribution in [1.82, 2.24) is 9.55 Å². The molecule has 0 aliphatic heterocycles. The van der Waals surface area contributed by atoms with Gasteiger partial charge in [0.15, 0.2) is 0 Å². The fraction of sp³-hybridized carbons (Fsp3) is 0.286. The van der Waals surface area contributed by atoms with E-state index in [1.165, 1.54) is 0 Å². The quantitative estimate of drug-likeness (QED) is 0.776. The normalized spacial score (nSPS) is 10.3. The number of aromatic nitrogens is 2. The van der Waals surface area contributed by atoms with Gasteiger partial charge in [-0.1, -0.05) is 6.07 Å². The Balaban J connectivity index is 2.26. The number of pyridine rings is 1. The van der Waals surface area contributed by atoms with Crippen molar-refractivity contribution in [2.24, 2.45) is 0 Å². The standard InChI is InChI=1S/C14H16N2O2/c1-3-18-14(17)13-11(2)6-8-16(13)10-12-5-4-7-15-9-12/h4-9H,3,10H2,1-2H3. The van der Waals surface area contributed by atoms with Crippen molar-refractivity contribution in [3.8, 4) is 0 Å². The zero-order valence-electron chi connectivity index (χ0n) is 10.6. The number of rotatable bonds is 4. The predicted octanol–water partition coefficient (Wildman–Crippen LogP) is 2.42. The van der Waals surface area contributed by atoms with Crippen LogP contribution in [0.25, 0.3) is 0 Å². The minimum atomic E-state index is -0.274. The summed E-state index contributed by atoms with van der Waals surface area (Å²) in [6, 6.07) is 5.79. The summed E-state index contributed by atoms with van der Waals surface area (Å²) in [6.07, 6.45) is 5.43. The van der Waals surface area contributed by atoms with Crippen LogP contribution in [0, 0.1) is 6.92 Å². The van der Waals surface area contributed by atoms with Crippen LogP contribution in [-0.4, -0.2) is 22.1 Å². The van der Waals surface area contributed by atoms with E-state index in [1.54, 1.807) is 12.4 Å². The first-order valence-electron chi connectivity index (χ1n) is 5.94. The van der Waals surface area contributed by atoms with Crippen LogP contribution < -0.4 is 0 Å². The second-order valence-electron chi connectivity index (χ2n) is 4.06.